The van der Waals surface area contributed by atoms with Crippen molar-refractivity contribution in [3.63, 3.8) is 0 Å². The molecule has 0 aliphatic carbocycles. The summed E-state index contributed by atoms with van der Waals surface area (Å²) in [5.74, 6) is 0. The summed E-state index contributed by atoms with van der Waals surface area (Å²) >= 11 is 0. The van der Waals surface area contributed by atoms with Crippen LogP contribution in [0.2, 0.25) is 0 Å². The molecule has 0 aliphatic heterocycles. The second-order valence-electron chi connectivity index (χ2n) is 10.1. The number of hydrogen-bond donors (Lipinski definition) is 1. The molecule has 19 nitrogen and oxygen atoms in total. The molecule has 0 aromatic heterocycles. The van der Waals surface area contributed by atoms with Gasteiger partial charge in [0.25, 0.3) is 0 Å². The van der Waals surface area contributed by atoms with E-state index in [1.54, 1.807) is 7.11 Å². The van der Waals surface area contributed by atoms with Crippen molar-refractivity contribution in [3.8, 4) is 0 Å². The topological polar surface area (TPSA) is 198 Å². The fourth-order valence-corrected chi connectivity index (χ4v) is 3.48. The Balaban J connectivity index is 3.05. The average molecular weight is 763 g/mol. The lowest BCUT2D eigenvalue weighted by Crippen LogP contribution is -2.16. The van der Waals surface area contributed by atoms with Crippen LogP contribution in [0.15, 0.2) is 5.11 Å². The van der Waals surface area contributed by atoms with Gasteiger partial charge in [0.15, 0.2) is 0 Å². The predicted octanol–water partition coefficient (Wildman–Crippen LogP) is 0.432. The van der Waals surface area contributed by atoms with Gasteiger partial charge in [0.05, 0.1) is 205 Å². The molecular weight excluding hydrogens is 694 g/mol. The summed E-state index contributed by atoms with van der Waals surface area (Å²) in [5.41, 5.74) is 6.52. The van der Waals surface area contributed by atoms with Crippen molar-refractivity contribution in [1.82, 2.24) is 4.91 Å². The highest BCUT2D eigenvalue weighted by molar-refractivity contribution is 4.40. The zero-order valence-electron chi connectivity index (χ0n) is 31.6. The minimum atomic E-state index is 0.387. The van der Waals surface area contributed by atoms with E-state index in [1.165, 1.54) is 0 Å². The Hall–Kier alpha value is -1.33. The smallest absolute Gasteiger partial charge is 0.214 e. The van der Waals surface area contributed by atoms with Gasteiger partial charge in [-0.25, -0.2) is 0 Å². The molecule has 0 aromatic rings. The van der Waals surface area contributed by atoms with Crippen LogP contribution in [-0.2, 0) is 75.8 Å². The minimum Gasteiger partial charge on any atom is -0.382 e. The lowest BCUT2D eigenvalue weighted by Gasteiger charge is -2.09. The van der Waals surface area contributed by atoms with Gasteiger partial charge < -0.3 is 75.8 Å². The Morgan fingerprint density at radius 3 is 0.577 bits per heavy atom. The first kappa shape index (κ1) is 50.7. The molecule has 0 rings (SSSR count). The van der Waals surface area contributed by atoms with Crippen molar-refractivity contribution in [3.05, 3.63) is 0 Å². The summed E-state index contributed by atoms with van der Waals surface area (Å²) in [6, 6.07) is 0. The highest BCUT2D eigenvalue weighted by Crippen LogP contribution is 1.88. The van der Waals surface area contributed by atoms with Gasteiger partial charge in [-0.05, 0) is 0 Å². The molecule has 0 amide bonds. The van der Waals surface area contributed by atoms with Crippen LogP contribution in [0, 0.1) is 5.53 Å². The van der Waals surface area contributed by atoms with Gasteiger partial charge in [-0.2, -0.15) is 0 Å². The number of hydrogen-bond acceptors (Lipinski definition) is 18. The predicted molar refractivity (Wildman–Crippen MR) is 186 cm³/mol. The van der Waals surface area contributed by atoms with Gasteiger partial charge in [0.2, 0.25) is 4.91 Å². The van der Waals surface area contributed by atoms with Crippen LogP contribution in [0.5, 0.6) is 0 Å². The van der Waals surface area contributed by atoms with Crippen molar-refractivity contribution in [1.29, 1.82) is 5.53 Å². The fraction of sp³-hybridized carbons (Fsp3) is 1.00. The summed E-state index contributed by atoms with van der Waals surface area (Å²) in [4.78, 5) is 2.90. The van der Waals surface area contributed by atoms with E-state index in [1.807, 2.05) is 0 Å². The van der Waals surface area contributed by atoms with E-state index in [4.69, 9.17) is 81.3 Å². The Morgan fingerprint density at radius 1 is 0.269 bits per heavy atom. The largest absolute Gasteiger partial charge is 0.382 e. The van der Waals surface area contributed by atoms with Gasteiger partial charge in [0.1, 0.15) is 17.2 Å². The molecule has 0 saturated heterocycles. The van der Waals surface area contributed by atoms with Crippen LogP contribution >= 0.6 is 0 Å². The molecule has 0 bridgehead atoms. The molecule has 52 heavy (non-hydrogen) atoms. The van der Waals surface area contributed by atoms with Crippen LogP contribution in [0.1, 0.15) is 0 Å². The Bertz CT molecular complexity index is 702. The van der Waals surface area contributed by atoms with E-state index in [2.05, 4.69) is 10.0 Å². The van der Waals surface area contributed by atoms with Crippen molar-refractivity contribution in [2.45, 2.75) is 0 Å². The standard InChI is InChI=1S/C33H68N3O16/c1-37-4-5-39-8-9-41-12-13-43-16-17-45-20-21-47-24-25-49-28-29-51-32-33-52-31-30-50-27-26-48-23-22-46-19-18-44-15-14-42-11-10-40-7-6-38-3-2-35-36-34/h34H,2-33H2,1H3/q+1. The SMILES string of the molecule is COCCOCCOCCOCCOCCOCCOCCOCCOCCOCCOCCOCCOCCOCCOCCOCCN=[N+]=N. The van der Waals surface area contributed by atoms with E-state index in [-0.39, 0.29) is 0 Å². The van der Waals surface area contributed by atoms with Crippen LogP contribution in [-0.4, -0.2) is 218 Å². The maximum absolute atomic E-state index is 6.52. The third-order valence-corrected chi connectivity index (χ3v) is 6.05. The molecule has 0 atom stereocenters. The highest BCUT2D eigenvalue weighted by atomic mass is 16.6. The normalized spacial score (nSPS) is 11.4. The summed E-state index contributed by atoms with van der Waals surface area (Å²) in [6.45, 7) is 16.1. The first-order valence-corrected chi connectivity index (χ1v) is 18.1. The molecule has 1 N–H and O–H groups in total. The van der Waals surface area contributed by atoms with Crippen molar-refractivity contribution < 1.29 is 75.8 Å². The third-order valence-electron chi connectivity index (χ3n) is 6.05. The monoisotopic (exact) mass is 762 g/mol. The summed E-state index contributed by atoms with van der Waals surface area (Å²) < 4.78 is 86.4. The summed E-state index contributed by atoms with van der Waals surface area (Å²) in [7, 11) is 1.64. The fourth-order valence-electron chi connectivity index (χ4n) is 3.48. The van der Waals surface area contributed by atoms with Gasteiger partial charge in [-0.3, -0.25) is 0 Å². The molecule has 0 aromatic carbocycles. The molecule has 0 fully saturated rings. The number of ether oxygens (including phenoxy) is 16. The van der Waals surface area contributed by atoms with Gasteiger partial charge in [-0.15, -0.1) is 0 Å². The lowest BCUT2D eigenvalue weighted by atomic mass is 10.6. The molecule has 0 spiro atoms. The highest BCUT2D eigenvalue weighted by Gasteiger charge is 1.98. The van der Waals surface area contributed by atoms with Crippen molar-refractivity contribution in [2.24, 2.45) is 5.11 Å². The quantitative estimate of drug-likeness (QED) is 0.0508. The van der Waals surface area contributed by atoms with Gasteiger partial charge >= 0.3 is 0 Å². The van der Waals surface area contributed by atoms with E-state index in [9.17, 15) is 0 Å². The minimum absolute atomic E-state index is 0.387. The Morgan fingerprint density at radius 2 is 0.423 bits per heavy atom. The van der Waals surface area contributed by atoms with E-state index in [0.29, 0.717) is 211 Å². The first-order valence-electron chi connectivity index (χ1n) is 18.1. The average Bonchev–Trinajstić information content (AvgIpc) is 3.16. The maximum Gasteiger partial charge on any atom is 0.214 e. The summed E-state index contributed by atoms with van der Waals surface area (Å²) in [5, 5.41) is 3.49. The Labute approximate surface area is 309 Å². The molecule has 310 valence electrons. The molecule has 19 heteroatoms. The molecule has 0 radical (unpaired) electrons. The van der Waals surface area contributed by atoms with Crippen molar-refractivity contribution in [2.75, 3.05) is 218 Å². The number of rotatable bonds is 48. The molecule has 0 aliphatic rings. The molecule has 0 unspecified atom stereocenters. The van der Waals surface area contributed by atoms with Crippen LogP contribution in [0.3, 0.4) is 0 Å². The number of nitrogens with one attached hydrogen (secondary N) is 1. The second kappa shape index (κ2) is 49.7. The van der Waals surface area contributed by atoms with Gasteiger partial charge in [0, 0.05) is 7.11 Å². The van der Waals surface area contributed by atoms with Crippen LogP contribution < -0.4 is 4.91 Å². The number of nitrogens with zero attached hydrogens (tertiary/aromatic N) is 2. The van der Waals surface area contributed by atoms with Gasteiger partial charge in [-0.1, -0.05) is 0 Å². The lowest BCUT2D eigenvalue weighted by molar-refractivity contribution is -0.0302. The van der Waals surface area contributed by atoms with E-state index >= 15 is 0 Å². The van der Waals surface area contributed by atoms with E-state index < -0.39 is 0 Å². The third kappa shape index (κ3) is 48.7. The molecule has 0 saturated carbocycles. The zero-order valence-corrected chi connectivity index (χ0v) is 31.6. The van der Waals surface area contributed by atoms with Crippen LogP contribution in [0.4, 0.5) is 0 Å². The van der Waals surface area contributed by atoms with E-state index in [0.717, 1.165) is 0 Å². The molecule has 0 heterocycles. The zero-order chi connectivity index (χ0) is 37.4. The maximum atomic E-state index is 6.52. The number of methoxy groups -OCH3 is 1. The molecular formula is C33H68N3O16+. The van der Waals surface area contributed by atoms with Crippen LogP contribution in [0.25, 0.3) is 0 Å². The first-order chi connectivity index (χ1) is 25.9. The summed E-state index contributed by atoms with van der Waals surface area (Å²) in [6.07, 6.45) is 0. The second-order valence-corrected chi connectivity index (χ2v) is 10.1. The van der Waals surface area contributed by atoms with Crippen molar-refractivity contribution >= 4 is 0 Å². The Kier molecular flexibility index (Phi) is 48.4.